The van der Waals surface area contributed by atoms with Gasteiger partial charge in [0.15, 0.2) is 11.6 Å². The van der Waals surface area contributed by atoms with Crippen molar-refractivity contribution >= 4 is 17.9 Å². The van der Waals surface area contributed by atoms with E-state index in [9.17, 15) is 9.59 Å². The second-order valence-electron chi connectivity index (χ2n) is 11.1. The lowest BCUT2D eigenvalue weighted by atomic mass is 10.00. The predicted molar refractivity (Wildman–Crippen MR) is 136 cm³/mol. The molecule has 10 heteroatoms. The molecule has 3 aliphatic heterocycles. The summed E-state index contributed by atoms with van der Waals surface area (Å²) < 4.78 is 47.3. The maximum Gasteiger partial charge on any atom is 0.410 e. The van der Waals surface area contributed by atoms with Gasteiger partial charge in [0.25, 0.3) is 0 Å². The normalized spacial score (nSPS) is 22.4. The predicted octanol–water partition coefficient (Wildman–Crippen LogP) is 4.78. The molecule has 3 aliphatic rings. The molecule has 0 aliphatic carbocycles. The van der Waals surface area contributed by atoms with Crippen LogP contribution in [0.15, 0.2) is 36.4 Å². The SMILES string of the molecule is CC(C)(C)OC(=O)N1C2CCC1CN(c1cc(F)c3c(c1F)OCC(NC(=O)OCc1ccccc1)C3)C2. The molecule has 8 nitrogen and oxygen atoms in total. The second-order valence-corrected chi connectivity index (χ2v) is 11.1. The van der Waals surface area contributed by atoms with Gasteiger partial charge in [0.1, 0.15) is 24.6 Å². The number of halogens is 2. The maximum absolute atomic E-state index is 15.6. The van der Waals surface area contributed by atoms with Crippen molar-refractivity contribution in [2.75, 3.05) is 24.6 Å². The molecule has 3 unspecified atom stereocenters. The van der Waals surface area contributed by atoms with E-state index in [2.05, 4.69) is 5.32 Å². The quantitative estimate of drug-likeness (QED) is 0.614. The fraction of sp³-hybridized carbons (Fsp3) is 0.500. The van der Waals surface area contributed by atoms with Gasteiger partial charge in [0, 0.05) is 31.1 Å². The zero-order chi connectivity index (χ0) is 27.0. The van der Waals surface area contributed by atoms with Crippen molar-refractivity contribution in [2.24, 2.45) is 0 Å². The molecule has 2 fully saturated rings. The van der Waals surface area contributed by atoms with Crippen molar-refractivity contribution in [3.63, 3.8) is 0 Å². The van der Waals surface area contributed by atoms with E-state index in [1.54, 1.807) is 9.80 Å². The summed E-state index contributed by atoms with van der Waals surface area (Å²) in [5.41, 5.74) is 0.440. The number of benzene rings is 2. The highest BCUT2D eigenvalue weighted by Crippen LogP contribution is 2.40. The van der Waals surface area contributed by atoms with Crippen molar-refractivity contribution in [2.45, 2.75) is 70.4 Å². The van der Waals surface area contributed by atoms with E-state index < -0.39 is 29.4 Å². The summed E-state index contributed by atoms with van der Waals surface area (Å²) in [5.74, 6) is -1.35. The second kappa shape index (κ2) is 10.3. The van der Waals surface area contributed by atoms with Gasteiger partial charge < -0.3 is 24.4 Å². The minimum Gasteiger partial charge on any atom is -0.488 e. The van der Waals surface area contributed by atoms with Gasteiger partial charge in [-0.1, -0.05) is 30.3 Å². The Morgan fingerprint density at radius 3 is 2.45 bits per heavy atom. The van der Waals surface area contributed by atoms with E-state index in [0.717, 1.165) is 18.4 Å². The smallest absolute Gasteiger partial charge is 0.410 e. The zero-order valence-corrected chi connectivity index (χ0v) is 21.8. The Labute approximate surface area is 220 Å². The summed E-state index contributed by atoms with van der Waals surface area (Å²) in [4.78, 5) is 28.5. The Balaban J connectivity index is 1.24. The van der Waals surface area contributed by atoms with Gasteiger partial charge in [-0.2, -0.15) is 0 Å². The highest BCUT2D eigenvalue weighted by Gasteiger charge is 2.45. The summed E-state index contributed by atoms with van der Waals surface area (Å²) in [5, 5.41) is 2.67. The van der Waals surface area contributed by atoms with Crippen LogP contribution in [0, 0.1) is 11.6 Å². The lowest BCUT2D eigenvalue weighted by Crippen LogP contribution is -2.57. The molecule has 0 aromatic heterocycles. The number of amides is 2. The molecule has 1 N–H and O–H groups in total. The molecule has 0 radical (unpaired) electrons. The monoisotopic (exact) mass is 529 g/mol. The zero-order valence-electron chi connectivity index (χ0n) is 21.8. The topological polar surface area (TPSA) is 80.3 Å². The number of rotatable bonds is 4. The Bertz CT molecular complexity index is 1190. The third-order valence-corrected chi connectivity index (χ3v) is 7.09. The number of nitrogens with zero attached hydrogens (tertiary/aromatic N) is 2. The van der Waals surface area contributed by atoms with Crippen molar-refractivity contribution in [3.8, 4) is 5.75 Å². The molecule has 2 saturated heterocycles. The van der Waals surface area contributed by atoms with Gasteiger partial charge in [-0.05, 0) is 39.2 Å². The molecule has 3 heterocycles. The highest BCUT2D eigenvalue weighted by atomic mass is 19.1. The molecular weight excluding hydrogens is 496 g/mol. The van der Waals surface area contributed by atoms with Crippen molar-refractivity contribution < 1.29 is 32.6 Å². The number of nitrogens with one attached hydrogen (secondary N) is 1. The standard InChI is InChI=1S/C28H33F2N3O5/c1-28(2,3)38-27(35)33-19-9-10-20(33)14-32(13-19)23-12-22(29)21-11-18(16-36-25(21)24(23)30)31-26(34)37-15-17-7-5-4-6-8-17/h4-8,12,18-20H,9-11,13-16H2,1-3H3,(H,31,34). The average molecular weight is 530 g/mol. The summed E-state index contributed by atoms with van der Waals surface area (Å²) in [7, 11) is 0. The van der Waals surface area contributed by atoms with E-state index in [1.807, 2.05) is 51.1 Å². The van der Waals surface area contributed by atoms with Crippen LogP contribution in [-0.4, -0.2) is 60.5 Å². The lowest BCUT2D eigenvalue weighted by Gasteiger charge is -2.42. The summed E-state index contributed by atoms with van der Waals surface area (Å²) >= 11 is 0. The number of alkyl carbamates (subject to hydrolysis) is 1. The van der Waals surface area contributed by atoms with Crippen LogP contribution in [0.2, 0.25) is 0 Å². The largest absolute Gasteiger partial charge is 0.488 e. The summed E-state index contributed by atoms with van der Waals surface area (Å²) in [6.07, 6.45) is 0.614. The molecule has 2 bridgehead atoms. The first-order valence-electron chi connectivity index (χ1n) is 13.0. The molecule has 0 spiro atoms. The third-order valence-electron chi connectivity index (χ3n) is 7.09. The Hall–Kier alpha value is -3.56. The van der Waals surface area contributed by atoms with Crippen LogP contribution in [0.5, 0.6) is 5.75 Å². The molecule has 2 aromatic carbocycles. The van der Waals surface area contributed by atoms with E-state index >= 15 is 8.78 Å². The number of ether oxygens (including phenoxy) is 3. The minimum absolute atomic E-state index is 0.00901. The van der Waals surface area contributed by atoms with Gasteiger partial charge in [-0.25, -0.2) is 18.4 Å². The molecular formula is C28H33F2N3O5. The summed E-state index contributed by atoms with van der Waals surface area (Å²) in [6, 6.07) is 9.59. The van der Waals surface area contributed by atoms with E-state index in [0.29, 0.717) is 13.1 Å². The minimum atomic E-state index is -0.651. The number of hydrogen-bond acceptors (Lipinski definition) is 6. The van der Waals surface area contributed by atoms with Crippen LogP contribution < -0.4 is 15.0 Å². The van der Waals surface area contributed by atoms with Gasteiger partial charge in [0.05, 0.1) is 23.8 Å². The Kier molecular flexibility index (Phi) is 7.07. The highest BCUT2D eigenvalue weighted by molar-refractivity contribution is 5.71. The van der Waals surface area contributed by atoms with Crippen LogP contribution in [-0.2, 0) is 22.5 Å². The van der Waals surface area contributed by atoms with Crippen molar-refractivity contribution in [3.05, 3.63) is 59.2 Å². The fourth-order valence-corrected chi connectivity index (χ4v) is 5.42. The number of carbonyl (C=O) groups excluding carboxylic acids is 2. The molecule has 0 saturated carbocycles. The van der Waals surface area contributed by atoms with Crippen molar-refractivity contribution in [1.82, 2.24) is 10.2 Å². The molecule has 2 aromatic rings. The average Bonchev–Trinajstić information content (AvgIpc) is 3.14. The first-order chi connectivity index (χ1) is 18.1. The van der Waals surface area contributed by atoms with Crippen LogP contribution in [0.3, 0.4) is 0 Å². The first-order valence-corrected chi connectivity index (χ1v) is 13.0. The lowest BCUT2D eigenvalue weighted by molar-refractivity contribution is 0.0122. The van der Waals surface area contributed by atoms with Gasteiger partial charge >= 0.3 is 12.2 Å². The van der Waals surface area contributed by atoms with E-state index in [4.69, 9.17) is 14.2 Å². The number of piperazine rings is 1. The van der Waals surface area contributed by atoms with E-state index in [1.165, 1.54) is 6.07 Å². The Morgan fingerprint density at radius 1 is 1.11 bits per heavy atom. The summed E-state index contributed by atoms with van der Waals surface area (Å²) in [6.45, 7) is 6.31. The van der Waals surface area contributed by atoms with Gasteiger partial charge in [-0.3, -0.25) is 4.90 Å². The van der Waals surface area contributed by atoms with Crippen molar-refractivity contribution in [1.29, 1.82) is 0 Å². The van der Waals surface area contributed by atoms with Crippen LogP contribution in [0.1, 0.15) is 44.7 Å². The molecule has 3 atom stereocenters. The van der Waals surface area contributed by atoms with Crippen LogP contribution in [0.4, 0.5) is 24.1 Å². The van der Waals surface area contributed by atoms with Crippen LogP contribution >= 0.6 is 0 Å². The van der Waals surface area contributed by atoms with Gasteiger partial charge in [-0.15, -0.1) is 0 Å². The molecule has 204 valence electrons. The number of carbonyl (C=O) groups is 2. The first kappa shape index (κ1) is 26.1. The molecule has 38 heavy (non-hydrogen) atoms. The van der Waals surface area contributed by atoms with Crippen LogP contribution in [0.25, 0.3) is 0 Å². The number of fused-ring (bicyclic) bond motifs is 3. The molecule has 2 amide bonds. The number of hydrogen-bond donors (Lipinski definition) is 1. The number of anilines is 1. The molecule has 5 rings (SSSR count). The third kappa shape index (κ3) is 5.49. The van der Waals surface area contributed by atoms with E-state index in [-0.39, 0.29) is 54.8 Å². The Morgan fingerprint density at radius 2 is 1.79 bits per heavy atom. The fourth-order valence-electron chi connectivity index (χ4n) is 5.42. The maximum atomic E-state index is 15.6. The van der Waals surface area contributed by atoms with Gasteiger partial charge in [0.2, 0.25) is 0 Å².